The second-order valence-corrected chi connectivity index (χ2v) is 12.6. The number of piperidine rings is 1. The van der Waals surface area contributed by atoms with Gasteiger partial charge in [0, 0.05) is 56.7 Å². The number of nitrogens with zero attached hydrogens (tertiary/aromatic N) is 4. The van der Waals surface area contributed by atoms with Crippen LogP contribution in [0.5, 0.6) is 0 Å². The molecule has 0 aliphatic carbocycles. The third kappa shape index (κ3) is 5.89. The molecule has 4 saturated heterocycles. The number of benzene rings is 1. The summed E-state index contributed by atoms with van der Waals surface area (Å²) < 4.78 is 6.37. The largest absolute Gasteiger partial charge is 0.374 e. The number of hydrogen-bond donors (Lipinski definition) is 4. The number of rotatable bonds is 3. The number of nitrogens with one attached hydrogen (secondary N) is 4. The SMILES string of the molecule is CN1CCN(c2ccc(NC3NCC4C(=O)N5C/C=C/CCCOC(C)(C)C6CCCC(N6)N5C4N3)cc2)CC1. The maximum atomic E-state index is 13.7. The Bertz CT molecular complexity index is 1040. The highest BCUT2D eigenvalue weighted by Gasteiger charge is 2.52. The smallest absolute Gasteiger partial charge is 0.244 e. The zero-order valence-electron chi connectivity index (χ0n) is 24.4. The summed E-state index contributed by atoms with van der Waals surface area (Å²) in [6.07, 6.45) is 9.35. The molecule has 6 rings (SSSR count). The van der Waals surface area contributed by atoms with Crippen molar-refractivity contribution < 1.29 is 9.53 Å². The van der Waals surface area contributed by atoms with Crippen molar-refractivity contribution in [2.45, 2.75) is 76.2 Å². The lowest BCUT2D eigenvalue weighted by atomic mass is 9.89. The Morgan fingerprint density at radius 3 is 2.60 bits per heavy atom. The maximum absolute atomic E-state index is 13.7. The Morgan fingerprint density at radius 1 is 1.00 bits per heavy atom. The fourth-order valence-corrected chi connectivity index (χ4v) is 6.88. The van der Waals surface area contributed by atoms with Gasteiger partial charge >= 0.3 is 0 Å². The fraction of sp³-hybridized carbons (Fsp3) is 0.700. The van der Waals surface area contributed by atoms with Crippen molar-refractivity contribution >= 4 is 17.3 Å². The van der Waals surface area contributed by atoms with Crippen molar-refractivity contribution in [1.82, 2.24) is 30.9 Å². The first-order valence-corrected chi connectivity index (χ1v) is 15.3. The van der Waals surface area contributed by atoms with Gasteiger partial charge < -0.3 is 19.9 Å². The van der Waals surface area contributed by atoms with Crippen LogP contribution < -0.4 is 26.2 Å². The van der Waals surface area contributed by atoms with E-state index in [1.54, 1.807) is 0 Å². The maximum Gasteiger partial charge on any atom is 0.244 e. The summed E-state index contributed by atoms with van der Waals surface area (Å²) in [6, 6.07) is 8.98. The van der Waals surface area contributed by atoms with E-state index in [-0.39, 0.29) is 42.1 Å². The lowest BCUT2D eigenvalue weighted by Gasteiger charge is -2.47. The number of ether oxygens (including phenoxy) is 1. The summed E-state index contributed by atoms with van der Waals surface area (Å²) in [7, 11) is 2.19. The van der Waals surface area contributed by atoms with Crippen LogP contribution in [0.4, 0.5) is 11.4 Å². The van der Waals surface area contributed by atoms with Crippen molar-refractivity contribution in [3.63, 3.8) is 0 Å². The number of carbonyl (C=O) groups is 1. The Morgan fingerprint density at radius 2 is 1.80 bits per heavy atom. The standard InChI is InChI=1S/C30H48N8O2/c1-30(2)25-9-8-10-26(33-25)38-27-24(28(39)37(38)15-6-4-5-7-20-40-30)21-31-29(34-27)32-22-11-13-23(14-12-22)36-18-16-35(3)17-19-36/h4,6,11-14,24-27,29,31-34H,5,7-10,15-21H2,1-3H3/b6-4+. The van der Waals surface area contributed by atoms with Gasteiger partial charge in [-0.15, -0.1) is 0 Å². The van der Waals surface area contributed by atoms with Gasteiger partial charge in [-0.1, -0.05) is 12.2 Å². The molecule has 0 spiro atoms. The molecule has 2 bridgehead atoms. The van der Waals surface area contributed by atoms with Gasteiger partial charge in [0.05, 0.1) is 30.4 Å². The summed E-state index contributed by atoms with van der Waals surface area (Å²) in [5, 5.41) is 19.1. The minimum atomic E-state index is -0.258. The summed E-state index contributed by atoms with van der Waals surface area (Å²) in [4.78, 5) is 18.5. The lowest BCUT2D eigenvalue weighted by molar-refractivity contribution is -0.147. The highest BCUT2D eigenvalue weighted by Crippen LogP contribution is 2.33. The molecule has 0 aromatic heterocycles. The molecule has 220 valence electrons. The van der Waals surface area contributed by atoms with E-state index in [0.29, 0.717) is 13.1 Å². The molecule has 4 N–H and O–H groups in total. The summed E-state index contributed by atoms with van der Waals surface area (Å²) in [6.45, 7) is 10.7. The molecule has 10 nitrogen and oxygen atoms in total. The summed E-state index contributed by atoms with van der Waals surface area (Å²) in [5.41, 5.74) is 2.07. The van der Waals surface area contributed by atoms with Crippen molar-refractivity contribution in [1.29, 1.82) is 0 Å². The molecule has 5 aliphatic heterocycles. The topological polar surface area (TPSA) is 87.4 Å². The molecule has 1 amide bonds. The molecule has 0 saturated carbocycles. The molecular formula is C30H48N8O2. The predicted octanol–water partition coefficient (Wildman–Crippen LogP) is 1.94. The quantitative estimate of drug-likeness (QED) is 0.421. The molecule has 5 heterocycles. The molecular weight excluding hydrogens is 504 g/mol. The van der Waals surface area contributed by atoms with Crippen LogP contribution in [-0.2, 0) is 9.53 Å². The van der Waals surface area contributed by atoms with Crippen LogP contribution in [0, 0.1) is 5.92 Å². The lowest BCUT2D eigenvalue weighted by Crippen LogP contribution is -2.69. The molecule has 5 atom stereocenters. The third-order valence-electron chi connectivity index (χ3n) is 9.40. The van der Waals surface area contributed by atoms with E-state index >= 15 is 0 Å². The van der Waals surface area contributed by atoms with Gasteiger partial charge in [-0.3, -0.25) is 25.8 Å². The average molecular weight is 553 g/mol. The number of hydrazine groups is 1. The second-order valence-electron chi connectivity index (χ2n) is 12.6. The van der Waals surface area contributed by atoms with Gasteiger partial charge in [0.15, 0.2) is 0 Å². The Labute approximate surface area is 239 Å². The molecule has 1 aromatic rings. The predicted molar refractivity (Wildman–Crippen MR) is 158 cm³/mol. The summed E-state index contributed by atoms with van der Waals surface area (Å²) >= 11 is 0. The number of amides is 1. The average Bonchev–Trinajstić information content (AvgIpc) is 3.23. The highest BCUT2D eigenvalue weighted by molar-refractivity contribution is 5.82. The molecule has 10 heteroatoms. The first kappa shape index (κ1) is 27.9. The molecule has 40 heavy (non-hydrogen) atoms. The van der Waals surface area contributed by atoms with E-state index in [1.165, 1.54) is 5.69 Å². The van der Waals surface area contributed by atoms with Gasteiger partial charge in [-0.05, 0) is 77.3 Å². The van der Waals surface area contributed by atoms with Crippen molar-refractivity contribution in [3.05, 3.63) is 36.4 Å². The number of anilines is 2. The Hall–Kier alpha value is -2.21. The minimum Gasteiger partial charge on any atom is -0.374 e. The number of likely N-dealkylation sites (N-methyl/N-ethyl adjacent to an activating group) is 1. The Kier molecular flexibility index (Phi) is 8.35. The zero-order valence-corrected chi connectivity index (χ0v) is 24.4. The number of hydrogen-bond acceptors (Lipinski definition) is 9. The second kappa shape index (κ2) is 12.0. The van der Waals surface area contributed by atoms with Crippen LogP contribution in [0.25, 0.3) is 0 Å². The molecule has 1 aromatic carbocycles. The number of fused-ring (bicyclic) bond motifs is 6. The highest BCUT2D eigenvalue weighted by atomic mass is 16.5. The molecule has 0 radical (unpaired) electrons. The number of allylic oxidation sites excluding steroid dienone is 1. The monoisotopic (exact) mass is 552 g/mol. The van der Waals surface area contributed by atoms with Gasteiger partial charge in [-0.25, -0.2) is 0 Å². The fourth-order valence-electron chi connectivity index (χ4n) is 6.88. The van der Waals surface area contributed by atoms with Gasteiger partial charge in [-0.2, -0.15) is 5.01 Å². The van der Waals surface area contributed by atoms with Crippen LogP contribution in [0.15, 0.2) is 36.4 Å². The zero-order chi connectivity index (χ0) is 27.7. The van der Waals surface area contributed by atoms with Gasteiger partial charge in [0.2, 0.25) is 5.91 Å². The molecule has 5 aliphatic rings. The third-order valence-corrected chi connectivity index (χ3v) is 9.40. The van der Waals surface area contributed by atoms with E-state index in [2.05, 4.69) is 93.4 Å². The van der Waals surface area contributed by atoms with Crippen molar-refractivity contribution in [2.75, 3.05) is 63.1 Å². The summed E-state index contributed by atoms with van der Waals surface area (Å²) in [5.74, 6) is 0.0596. The van der Waals surface area contributed by atoms with Crippen LogP contribution in [-0.4, -0.2) is 104 Å². The van der Waals surface area contributed by atoms with Gasteiger partial charge in [0.1, 0.15) is 6.29 Å². The van der Waals surface area contributed by atoms with E-state index < -0.39 is 0 Å². The van der Waals surface area contributed by atoms with Gasteiger partial charge in [0.25, 0.3) is 0 Å². The van der Waals surface area contributed by atoms with Crippen LogP contribution >= 0.6 is 0 Å². The van der Waals surface area contributed by atoms with Crippen LogP contribution in [0.3, 0.4) is 0 Å². The minimum absolute atomic E-state index is 0.0730. The molecule has 4 fully saturated rings. The van der Waals surface area contributed by atoms with Crippen molar-refractivity contribution in [2.24, 2.45) is 5.92 Å². The van der Waals surface area contributed by atoms with E-state index in [4.69, 9.17) is 4.74 Å². The van der Waals surface area contributed by atoms with E-state index in [0.717, 1.165) is 70.6 Å². The molecule has 5 unspecified atom stereocenters. The number of carbonyl (C=O) groups excluding carboxylic acids is 1. The Balaban J connectivity index is 1.17. The van der Waals surface area contributed by atoms with Crippen molar-refractivity contribution in [3.8, 4) is 0 Å². The van der Waals surface area contributed by atoms with E-state index in [1.807, 2.05) is 5.01 Å². The first-order chi connectivity index (χ1) is 19.4. The van der Waals surface area contributed by atoms with Crippen LogP contribution in [0.1, 0.15) is 46.0 Å². The normalized spacial score (nSPS) is 34.7. The van der Waals surface area contributed by atoms with E-state index in [9.17, 15) is 4.79 Å². The number of piperazine rings is 1. The first-order valence-electron chi connectivity index (χ1n) is 15.3. The van der Waals surface area contributed by atoms with Crippen LogP contribution in [0.2, 0.25) is 0 Å².